The lowest BCUT2D eigenvalue weighted by atomic mass is 10.1. The third kappa shape index (κ3) is 1.53. The summed E-state index contributed by atoms with van der Waals surface area (Å²) in [6.45, 7) is 1.96. The molecule has 1 aromatic carbocycles. The SMILES string of the molecule is Cc1snnc1-c1cccc(O)c1. The zero-order chi connectivity index (χ0) is 9.26. The van der Waals surface area contributed by atoms with Gasteiger partial charge in [0, 0.05) is 5.56 Å². The Hall–Kier alpha value is -1.42. The van der Waals surface area contributed by atoms with E-state index in [4.69, 9.17) is 0 Å². The molecule has 13 heavy (non-hydrogen) atoms. The van der Waals surface area contributed by atoms with Gasteiger partial charge in [-0.15, -0.1) is 5.10 Å². The summed E-state index contributed by atoms with van der Waals surface area (Å²) in [6, 6.07) is 7.02. The van der Waals surface area contributed by atoms with Crippen molar-refractivity contribution in [3.8, 4) is 17.0 Å². The fourth-order valence-corrected chi connectivity index (χ4v) is 1.64. The predicted octanol–water partition coefficient (Wildman–Crippen LogP) is 2.22. The molecule has 0 amide bonds. The molecule has 3 nitrogen and oxygen atoms in total. The standard InChI is InChI=1S/C9H8N2OS/c1-6-9(10-11-13-6)7-3-2-4-8(12)5-7/h2-5,12H,1H3. The van der Waals surface area contributed by atoms with Crippen molar-refractivity contribution < 1.29 is 5.11 Å². The fourth-order valence-electron chi connectivity index (χ4n) is 1.15. The van der Waals surface area contributed by atoms with Gasteiger partial charge in [0.2, 0.25) is 0 Å². The summed E-state index contributed by atoms with van der Waals surface area (Å²) >= 11 is 1.36. The molecule has 0 fully saturated rings. The maximum Gasteiger partial charge on any atom is 0.116 e. The van der Waals surface area contributed by atoms with Crippen LogP contribution < -0.4 is 0 Å². The Morgan fingerprint density at radius 1 is 1.38 bits per heavy atom. The molecule has 0 aliphatic heterocycles. The lowest BCUT2D eigenvalue weighted by Crippen LogP contribution is -1.79. The number of aromatic nitrogens is 2. The quantitative estimate of drug-likeness (QED) is 0.753. The van der Waals surface area contributed by atoms with Crippen LogP contribution in [0.4, 0.5) is 0 Å². The van der Waals surface area contributed by atoms with E-state index in [1.165, 1.54) is 11.5 Å². The van der Waals surface area contributed by atoms with E-state index in [1.54, 1.807) is 18.2 Å². The highest BCUT2D eigenvalue weighted by molar-refractivity contribution is 7.05. The van der Waals surface area contributed by atoms with Gasteiger partial charge in [0.05, 0.1) is 4.88 Å². The molecule has 0 saturated carbocycles. The minimum atomic E-state index is 0.255. The minimum absolute atomic E-state index is 0.255. The molecular weight excluding hydrogens is 184 g/mol. The van der Waals surface area contributed by atoms with Crippen LogP contribution in [0.5, 0.6) is 5.75 Å². The average Bonchev–Trinajstić information content (AvgIpc) is 2.51. The van der Waals surface area contributed by atoms with Crippen molar-refractivity contribution >= 4 is 11.5 Å². The van der Waals surface area contributed by atoms with Gasteiger partial charge in [-0.05, 0) is 30.6 Å². The number of benzene rings is 1. The average molecular weight is 192 g/mol. The van der Waals surface area contributed by atoms with Gasteiger partial charge in [-0.3, -0.25) is 0 Å². The van der Waals surface area contributed by atoms with Crippen molar-refractivity contribution in [2.45, 2.75) is 6.92 Å². The summed E-state index contributed by atoms with van der Waals surface area (Å²) in [5, 5.41) is 13.2. The normalized spacial score (nSPS) is 10.2. The molecular formula is C9H8N2OS. The maximum absolute atomic E-state index is 9.26. The van der Waals surface area contributed by atoms with E-state index in [0.717, 1.165) is 16.1 Å². The van der Waals surface area contributed by atoms with Crippen LogP contribution in [0.2, 0.25) is 0 Å². The Kier molecular flexibility index (Phi) is 1.98. The monoisotopic (exact) mass is 192 g/mol. The number of aromatic hydroxyl groups is 1. The van der Waals surface area contributed by atoms with Crippen LogP contribution in [0.1, 0.15) is 4.88 Å². The number of phenolic OH excluding ortho intramolecular Hbond substituents is 1. The second-order valence-electron chi connectivity index (χ2n) is 2.73. The molecule has 66 valence electrons. The van der Waals surface area contributed by atoms with Crippen molar-refractivity contribution in [1.29, 1.82) is 0 Å². The van der Waals surface area contributed by atoms with E-state index in [2.05, 4.69) is 9.59 Å². The molecule has 1 aromatic heterocycles. The molecule has 0 bridgehead atoms. The Morgan fingerprint density at radius 3 is 2.85 bits per heavy atom. The molecule has 0 radical (unpaired) electrons. The number of phenols is 1. The van der Waals surface area contributed by atoms with Gasteiger partial charge >= 0.3 is 0 Å². The van der Waals surface area contributed by atoms with Gasteiger partial charge in [-0.2, -0.15) is 0 Å². The topological polar surface area (TPSA) is 46.0 Å². The lowest BCUT2D eigenvalue weighted by molar-refractivity contribution is 0.475. The highest BCUT2D eigenvalue weighted by Crippen LogP contribution is 2.25. The first-order valence-electron chi connectivity index (χ1n) is 3.86. The summed E-state index contributed by atoms with van der Waals surface area (Å²) in [7, 11) is 0. The first-order valence-corrected chi connectivity index (χ1v) is 4.63. The van der Waals surface area contributed by atoms with E-state index in [0.29, 0.717) is 0 Å². The molecule has 1 heterocycles. The molecule has 2 rings (SSSR count). The molecule has 0 unspecified atom stereocenters. The van der Waals surface area contributed by atoms with Gasteiger partial charge < -0.3 is 5.11 Å². The Morgan fingerprint density at radius 2 is 2.23 bits per heavy atom. The van der Waals surface area contributed by atoms with Crippen molar-refractivity contribution in [2.24, 2.45) is 0 Å². The van der Waals surface area contributed by atoms with E-state index in [9.17, 15) is 5.11 Å². The molecule has 0 aliphatic rings. The van der Waals surface area contributed by atoms with Crippen LogP contribution >= 0.6 is 11.5 Å². The van der Waals surface area contributed by atoms with Gasteiger partial charge in [-0.25, -0.2) is 0 Å². The number of nitrogens with zero attached hydrogens (tertiary/aromatic N) is 2. The third-order valence-corrected chi connectivity index (χ3v) is 2.40. The van der Waals surface area contributed by atoms with Gasteiger partial charge in [0.25, 0.3) is 0 Å². The summed E-state index contributed by atoms with van der Waals surface area (Å²) < 4.78 is 3.84. The van der Waals surface area contributed by atoms with E-state index in [-0.39, 0.29) is 5.75 Å². The number of rotatable bonds is 1. The van der Waals surface area contributed by atoms with Crippen LogP contribution in [0.25, 0.3) is 11.3 Å². The number of aryl methyl sites for hydroxylation is 1. The molecule has 0 aliphatic carbocycles. The maximum atomic E-state index is 9.26. The predicted molar refractivity (Wildman–Crippen MR) is 51.7 cm³/mol. The second-order valence-corrected chi connectivity index (χ2v) is 3.69. The van der Waals surface area contributed by atoms with Crippen LogP contribution in [0.3, 0.4) is 0 Å². The summed E-state index contributed by atoms with van der Waals surface area (Å²) in [6.07, 6.45) is 0. The first-order chi connectivity index (χ1) is 6.27. The smallest absolute Gasteiger partial charge is 0.116 e. The highest BCUT2D eigenvalue weighted by Gasteiger charge is 2.05. The zero-order valence-electron chi connectivity index (χ0n) is 7.06. The fraction of sp³-hybridized carbons (Fsp3) is 0.111. The zero-order valence-corrected chi connectivity index (χ0v) is 7.88. The van der Waals surface area contributed by atoms with Crippen molar-refractivity contribution in [3.63, 3.8) is 0 Å². The Labute approximate surface area is 79.8 Å². The molecule has 0 saturated heterocycles. The summed E-state index contributed by atoms with van der Waals surface area (Å²) in [5.41, 5.74) is 1.76. The van der Waals surface area contributed by atoms with Crippen LogP contribution in [-0.2, 0) is 0 Å². The van der Waals surface area contributed by atoms with E-state index < -0.39 is 0 Å². The highest BCUT2D eigenvalue weighted by atomic mass is 32.1. The third-order valence-electron chi connectivity index (χ3n) is 1.77. The first kappa shape index (κ1) is 8.19. The Balaban J connectivity index is 2.53. The second kappa shape index (κ2) is 3.14. The van der Waals surface area contributed by atoms with Crippen LogP contribution in [0.15, 0.2) is 24.3 Å². The minimum Gasteiger partial charge on any atom is -0.508 e. The summed E-state index contributed by atoms with van der Waals surface area (Å²) in [5.74, 6) is 0.255. The van der Waals surface area contributed by atoms with Crippen LogP contribution in [-0.4, -0.2) is 14.7 Å². The van der Waals surface area contributed by atoms with Crippen molar-refractivity contribution in [3.05, 3.63) is 29.1 Å². The molecule has 4 heteroatoms. The van der Waals surface area contributed by atoms with Gasteiger partial charge in [-0.1, -0.05) is 16.6 Å². The van der Waals surface area contributed by atoms with E-state index in [1.807, 2.05) is 13.0 Å². The molecule has 2 aromatic rings. The summed E-state index contributed by atoms with van der Waals surface area (Å²) in [4.78, 5) is 1.06. The van der Waals surface area contributed by atoms with Gasteiger partial charge in [0.1, 0.15) is 11.4 Å². The Bertz CT molecular complexity index is 425. The number of hydrogen-bond donors (Lipinski definition) is 1. The van der Waals surface area contributed by atoms with Crippen LogP contribution in [0, 0.1) is 6.92 Å². The molecule has 0 atom stereocenters. The molecule has 1 N–H and O–H groups in total. The largest absolute Gasteiger partial charge is 0.508 e. The van der Waals surface area contributed by atoms with Crippen molar-refractivity contribution in [1.82, 2.24) is 9.59 Å². The number of hydrogen-bond acceptors (Lipinski definition) is 4. The van der Waals surface area contributed by atoms with Gasteiger partial charge in [0.15, 0.2) is 0 Å². The van der Waals surface area contributed by atoms with Crippen molar-refractivity contribution in [2.75, 3.05) is 0 Å². The van der Waals surface area contributed by atoms with E-state index >= 15 is 0 Å². The lowest BCUT2D eigenvalue weighted by Gasteiger charge is -1.97. The molecule has 0 spiro atoms.